The Hall–Kier alpha value is -3.22. The quantitative estimate of drug-likeness (QED) is 0.746. The predicted octanol–water partition coefficient (Wildman–Crippen LogP) is 3.13. The van der Waals surface area contributed by atoms with Gasteiger partial charge in [-0.3, -0.25) is 9.59 Å². The van der Waals surface area contributed by atoms with E-state index in [2.05, 4.69) is 10.6 Å². The number of ether oxygens (including phenoxy) is 1. The first kappa shape index (κ1) is 19.1. The minimum absolute atomic E-state index is 0.101. The highest BCUT2D eigenvalue weighted by atomic mass is 19.1. The topological polar surface area (TPSA) is 67.4 Å². The number of nitrogens with one attached hydrogen (secondary N) is 2. The summed E-state index contributed by atoms with van der Waals surface area (Å²) in [6, 6.07) is 9.83. The summed E-state index contributed by atoms with van der Waals surface area (Å²) in [6.07, 6.45) is 2.12. The molecule has 0 bridgehead atoms. The Kier molecular flexibility index (Phi) is 6.84. The van der Waals surface area contributed by atoms with Crippen molar-refractivity contribution in [1.82, 2.24) is 5.32 Å². The van der Waals surface area contributed by atoms with E-state index in [0.29, 0.717) is 18.0 Å². The molecule has 2 aromatic rings. The predicted molar refractivity (Wildman–Crippen MR) is 94.6 cm³/mol. The zero-order valence-electron chi connectivity index (χ0n) is 14.1. The van der Waals surface area contributed by atoms with E-state index in [4.69, 9.17) is 4.74 Å². The second-order valence-corrected chi connectivity index (χ2v) is 5.22. The van der Waals surface area contributed by atoms with Gasteiger partial charge in [0.15, 0.2) is 6.61 Å². The van der Waals surface area contributed by atoms with E-state index in [1.807, 2.05) is 6.92 Å². The van der Waals surface area contributed by atoms with Gasteiger partial charge in [0.1, 0.15) is 17.4 Å². The van der Waals surface area contributed by atoms with Crippen LogP contribution < -0.4 is 15.4 Å². The number of amides is 2. The van der Waals surface area contributed by atoms with Crippen LogP contribution in [0.5, 0.6) is 5.75 Å². The number of anilines is 1. The average Bonchev–Trinajstić information content (AvgIpc) is 2.61. The van der Waals surface area contributed by atoms with Gasteiger partial charge in [0.25, 0.3) is 5.91 Å². The molecule has 2 aromatic carbocycles. The van der Waals surface area contributed by atoms with E-state index in [1.54, 1.807) is 24.3 Å². The number of carbonyl (C=O) groups excluding carboxylic acids is 2. The number of rotatable bonds is 7. The molecule has 0 spiro atoms. The van der Waals surface area contributed by atoms with Crippen molar-refractivity contribution < 1.29 is 23.1 Å². The number of benzene rings is 2. The summed E-state index contributed by atoms with van der Waals surface area (Å²) in [4.78, 5) is 23.2. The number of halogens is 2. The summed E-state index contributed by atoms with van der Waals surface area (Å²) in [5.41, 5.74) is 0.191. The van der Waals surface area contributed by atoms with Crippen LogP contribution in [0.2, 0.25) is 0 Å². The third kappa shape index (κ3) is 5.70. The lowest BCUT2D eigenvalue weighted by Crippen LogP contribution is -2.28. The fourth-order valence-corrected chi connectivity index (χ4v) is 2.04. The van der Waals surface area contributed by atoms with E-state index >= 15 is 0 Å². The number of hydrogen-bond acceptors (Lipinski definition) is 3. The highest BCUT2D eigenvalue weighted by molar-refractivity contribution is 6.01. The SMILES string of the molecule is CCNC(=O)COc1ccc(NC(=O)/C=C/c2c(F)cccc2F)cc1. The van der Waals surface area contributed by atoms with Crippen LogP contribution in [0.4, 0.5) is 14.5 Å². The molecule has 136 valence electrons. The molecule has 0 saturated heterocycles. The lowest BCUT2D eigenvalue weighted by molar-refractivity contribution is -0.123. The zero-order chi connectivity index (χ0) is 18.9. The van der Waals surface area contributed by atoms with Crippen LogP contribution in [-0.2, 0) is 9.59 Å². The molecule has 0 radical (unpaired) electrons. The molecule has 2 amide bonds. The smallest absolute Gasteiger partial charge is 0.257 e. The van der Waals surface area contributed by atoms with E-state index in [1.165, 1.54) is 6.07 Å². The molecule has 0 aliphatic carbocycles. The largest absolute Gasteiger partial charge is 0.484 e. The zero-order valence-corrected chi connectivity index (χ0v) is 14.1. The number of hydrogen-bond donors (Lipinski definition) is 2. The Morgan fingerprint density at radius 2 is 1.73 bits per heavy atom. The highest BCUT2D eigenvalue weighted by Crippen LogP contribution is 2.16. The molecule has 0 unspecified atom stereocenters. The fourth-order valence-electron chi connectivity index (χ4n) is 2.04. The molecule has 0 aliphatic rings. The van der Waals surface area contributed by atoms with E-state index in [-0.39, 0.29) is 18.1 Å². The van der Waals surface area contributed by atoms with Crippen LogP contribution in [0.1, 0.15) is 12.5 Å². The maximum absolute atomic E-state index is 13.5. The Morgan fingerprint density at radius 3 is 2.35 bits per heavy atom. The second kappa shape index (κ2) is 9.31. The van der Waals surface area contributed by atoms with Crippen molar-refractivity contribution in [3.63, 3.8) is 0 Å². The first-order chi connectivity index (χ1) is 12.5. The van der Waals surface area contributed by atoms with Gasteiger partial charge in [0.05, 0.1) is 0 Å². The maximum Gasteiger partial charge on any atom is 0.257 e. The minimum atomic E-state index is -0.748. The van der Waals surface area contributed by atoms with E-state index in [9.17, 15) is 18.4 Å². The lowest BCUT2D eigenvalue weighted by atomic mass is 10.2. The van der Waals surface area contributed by atoms with Gasteiger partial charge in [-0.25, -0.2) is 8.78 Å². The molecule has 0 saturated carbocycles. The molecule has 0 aromatic heterocycles. The molecule has 0 aliphatic heterocycles. The normalized spacial score (nSPS) is 10.6. The van der Waals surface area contributed by atoms with Gasteiger partial charge in [-0.2, -0.15) is 0 Å². The third-order valence-electron chi connectivity index (χ3n) is 3.27. The standard InChI is InChI=1S/C19H18F2N2O3/c1-2-22-19(25)12-26-14-8-6-13(7-9-14)23-18(24)11-10-15-16(20)4-3-5-17(15)21/h3-11H,2,12H2,1H3,(H,22,25)(H,23,24)/b11-10+. The van der Waals surface area contributed by atoms with Crippen LogP contribution in [0.3, 0.4) is 0 Å². The lowest BCUT2D eigenvalue weighted by Gasteiger charge is -2.07. The monoisotopic (exact) mass is 360 g/mol. The van der Waals surface area contributed by atoms with Gasteiger partial charge in [-0.15, -0.1) is 0 Å². The Bertz CT molecular complexity index is 785. The van der Waals surface area contributed by atoms with Crippen LogP contribution >= 0.6 is 0 Å². The van der Waals surface area contributed by atoms with Gasteiger partial charge < -0.3 is 15.4 Å². The first-order valence-electron chi connectivity index (χ1n) is 7.92. The maximum atomic E-state index is 13.5. The van der Waals surface area contributed by atoms with Crippen molar-refractivity contribution in [2.24, 2.45) is 0 Å². The van der Waals surface area contributed by atoms with Gasteiger partial charge in [0.2, 0.25) is 5.91 Å². The molecule has 2 rings (SSSR count). The Balaban J connectivity index is 1.91. The Morgan fingerprint density at radius 1 is 1.08 bits per heavy atom. The summed E-state index contributed by atoms with van der Waals surface area (Å²) in [5, 5.41) is 5.16. The highest BCUT2D eigenvalue weighted by Gasteiger charge is 2.06. The van der Waals surface area contributed by atoms with Gasteiger partial charge in [0, 0.05) is 23.9 Å². The van der Waals surface area contributed by atoms with Crippen molar-refractivity contribution in [3.8, 4) is 5.75 Å². The number of likely N-dealkylation sites (N-methyl/N-ethyl adjacent to an activating group) is 1. The van der Waals surface area contributed by atoms with Gasteiger partial charge in [-0.1, -0.05) is 6.07 Å². The van der Waals surface area contributed by atoms with Crippen LogP contribution in [0.25, 0.3) is 6.08 Å². The summed E-state index contributed by atoms with van der Waals surface area (Å²) in [7, 11) is 0. The molecule has 0 fully saturated rings. The first-order valence-corrected chi connectivity index (χ1v) is 7.92. The molecule has 26 heavy (non-hydrogen) atoms. The Labute approximate surface area is 149 Å². The molecule has 5 nitrogen and oxygen atoms in total. The molecule has 0 atom stereocenters. The van der Waals surface area contributed by atoms with Crippen LogP contribution in [0.15, 0.2) is 48.5 Å². The van der Waals surface area contributed by atoms with Gasteiger partial charge in [-0.05, 0) is 49.4 Å². The molecular formula is C19H18F2N2O3. The van der Waals surface area contributed by atoms with Crippen molar-refractivity contribution >= 4 is 23.6 Å². The van der Waals surface area contributed by atoms with E-state index < -0.39 is 17.5 Å². The van der Waals surface area contributed by atoms with Gasteiger partial charge >= 0.3 is 0 Å². The minimum Gasteiger partial charge on any atom is -0.484 e. The summed E-state index contributed by atoms with van der Waals surface area (Å²) >= 11 is 0. The van der Waals surface area contributed by atoms with Crippen molar-refractivity contribution in [1.29, 1.82) is 0 Å². The summed E-state index contributed by atoms with van der Waals surface area (Å²) < 4.78 is 32.3. The molecule has 2 N–H and O–H groups in total. The van der Waals surface area contributed by atoms with E-state index in [0.717, 1.165) is 24.3 Å². The average molecular weight is 360 g/mol. The number of carbonyl (C=O) groups is 2. The fraction of sp³-hybridized carbons (Fsp3) is 0.158. The van der Waals surface area contributed by atoms with Crippen LogP contribution in [-0.4, -0.2) is 25.0 Å². The molecular weight excluding hydrogens is 342 g/mol. The second-order valence-electron chi connectivity index (χ2n) is 5.22. The van der Waals surface area contributed by atoms with Crippen molar-refractivity contribution in [2.75, 3.05) is 18.5 Å². The molecule has 7 heteroatoms. The van der Waals surface area contributed by atoms with Crippen molar-refractivity contribution in [3.05, 3.63) is 65.7 Å². The third-order valence-corrected chi connectivity index (χ3v) is 3.27. The summed E-state index contributed by atoms with van der Waals surface area (Å²) in [6.45, 7) is 2.23. The summed E-state index contributed by atoms with van der Waals surface area (Å²) in [5.74, 6) is -1.79. The van der Waals surface area contributed by atoms with Crippen LogP contribution in [0, 0.1) is 11.6 Å². The van der Waals surface area contributed by atoms with Crippen molar-refractivity contribution in [2.45, 2.75) is 6.92 Å². The molecule has 0 heterocycles.